The predicted octanol–water partition coefficient (Wildman–Crippen LogP) is 4.15. The third-order valence-corrected chi connectivity index (χ3v) is 4.60. The molecule has 0 aliphatic carbocycles. The molecule has 2 rings (SSSR count). The van der Waals surface area contributed by atoms with Crippen molar-refractivity contribution < 1.29 is 23.9 Å². The van der Waals surface area contributed by atoms with Crippen LogP contribution in [0.1, 0.15) is 45.9 Å². The highest BCUT2D eigenvalue weighted by Gasteiger charge is 2.23. The van der Waals surface area contributed by atoms with Gasteiger partial charge in [-0.1, -0.05) is 12.1 Å². The fourth-order valence-corrected chi connectivity index (χ4v) is 3.23. The Hall–Kier alpha value is -3.14. The number of rotatable bonds is 6. The largest absolute Gasteiger partial charge is 0.442 e. The number of aryl methyl sites for hydroxylation is 2. The van der Waals surface area contributed by atoms with Crippen LogP contribution in [0.4, 0.5) is 14.7 Å². The molecule has 2 N–H and O–H groups in total. The van der Waals surface area contributed by atoms with Gasteiger partial charge in [0.2, 0.25) is 5.91 Å². The van der Waals surface area contributed by atoms with E-state index in [4.69, 9.17) is 9.47 Å². The molecule has 9 nitrogen and oxygen atoms in total. The lowest BCUT2D eigenvalue weighted by atomic mass is 10.1. The Morgan fingerprint density at radius 1 is 1.13 bits per heavy atom. The Morgan fingerprint density at radius 2 is 1.81 bits per heavy atom. The van der Waals surface area contributed by atoms with Gasteiger partial charge in [0.1, 0.15) is 11.4 Å². The first-order valence-corrected chi connectivity index (χ1v) is 10.7. The molecule has 0 unspecified atom stereocenters. The van der Waals surface area contributed by atoms with E-state index in [9.17, 15) is 14.4 Å². The molecule has 3 amide bonds. The second kappa shape index (κ2) is 10.8. The van der Waals surface area contributed by atoms with Crippen LogP contribution in [0.3, 0.4) is 0 Å². The summed E-state index contributed by atoms with van der Waals surface area (Å²) in [6.07, 6.45) is 0.0234. The van der Waals surface area contributed by atoms with Gasteiger partial charge in [-0.3, -0.25) is 4.79 Å². The van der Waals surface area contributed by atoms with Gasteiger partial charge in [-0.05, 0) is 58.2 Å². The molecular weight excluding hydrogens is 420 g/mol. The summed E-state index contributed by atoms with van der Waals surface area (Å²) in [6.45, 7) is 8.62. The van der Waals surface area contributed by atoms with E-state index in [1.165, 1.54) is 18.3 Å². The first-order valence-electron chi connectivity index (χ1n) is 9.85. The van der Waals surface area contributed by atoms with Crippen LogP contribution in [-0.2, 0) is 22.4 Å². The second-order valence-electron chi connectivity index (χ2n) is 7.70. The highest BCUT2D eigenvalue weighted by Crippen LogP contribution is 2.18. The van der Waals surface area contributed by atoms with Crippen LogP contribution in [0.15, 0.2) is 29.6 Å². The van der Waals surface area contributed by atoms with Gasteiger partial charge in [-0.15, -0.1) is 11.3 Å². The van der Waals surface area contributed by atoms with Gasteiger partial charge >= 0.3 is 12.2 Å². The molecular formula is C21H28N4O5S. The van der Waals surface area contributed by atoms with E-state index in [1.807, 2.05) is 17.5 Å². The molecule has 0 radical (unpaired) electrons. The van der Waals surface area contributed by atoms with Crippen LogP contribution in [0.2, 0.25) is 0 Å². The minimum atomic E-state index is -0.784. The highest BCUT2D eigenvalue weighted by molar-refractivity contribution is 7.13. The van der Waals surface area contributed by atoms with Gasteiger partial charge in [0.25, 0.3) is 0 Å². The Kier molecular flexibility index (Phi) is 8.38. The minimum absolute atomic E-state index is 0.145. The first kappa shape index (κ1) is 24.1. The topological polar surface area (TPSA) is 110 Å². The molecule has 1 heterocycles. The molecule has 0 aliphatic heterocycles. The molecule has 31 heavy (non-hydrogen) atoms. The number of benzene rings is 1. The Bertz CT molecular complexity index is 905. The molecule has 0 aliphatic rings. The maximum absolute atomic E-state index is 12.1. The van der Waals surface area contributed by atoms with Crippen molar-refractivity contribution in [2.45, 2.75) is 53.1 Å². The van der Waals surface area contributed by atoms with E-state index in [0.717, 1.165) is 29.1 Å². The smallest absolute Gasteiger partial charge is 0.431 e. The number of hydrazine groups is 1. The molecule has 0 spiro atoms. The van der Waals surface area contributed by atoms with Gasteiger partial charge in [-0.25, -0.2) is 25.0 Å². The van der Waals surface area contributed by atoms with E-state index in [2.05, 4.69) is 15.7 Å². The molecule has 10 heteroatoms. The zero-order valence-electron chi connectivity index (χ0n) is 18.4. The monoisotopic (exact) mass is 448 g/mol. The van der Waals surface area contributed by atoms with Crippen LogP contribution in [0, 0.1) is 0 Å². The summed E-state index contributed by atoms with van der Waals surface area (Å²) >= 11 is 1.39. The van der Waals surface area contributed by atoms with Crippen LogP contribution < -0.4 is 15.5 Å². The van der Waals surface area contributed by atoms with Gasteiger partial charge in [0.15, 0.2) is 5.13 Å². The van der Waals surface area contributed by atoms with Crippen molar-refractivity contribution in [1.29, 1.82) is 0 Å². The van der Waals surface area contributed by atoms with Gasteiger partial charge in [-0.2, -0.15) is 0 Å². The Labute approximate surface area is 185 Å². The van der Waals surface area contributed by atoms with Crippen molar-refractivity contribution in [1.82, 2.24) is 15.4 Å². The summed E-state index contributed by atoms with van der Waals surface area (Å²) in [5, 5.41) is 6.21. The number of nitrogens with one attached hydrogen (secondary N) is 2. The van der Waals surface area contributed by atoms with Crippen LogP contribution in [0.25, 0.3) is 0 Å². The number of thiazole rings is 1. The quantitative estimate of drug-likeness (QED) is 0.643. The number of carbonyl (C=O) groups excluding carboxylic acids is 3. The van der Waals surface area contributed by atoms with E-state index < -0.39 is 17.8 Å². The zero-order chi connectivity index (χ0) is 23.0. The summed E-state index contributed by atoms with van der Waals surface area (Å²) in [7, 11) is 0. The van der Waals surface area contributed by atoms with E-state index in [1.54, 1.807) is 39.8 Å². The maximum Gasteiger partial charge on any atom is 0.431 e. The number of carbonyl (C=O) groups is 3. The number of aromatic nitrogens is 1. The molecule has 0 atom stereocenters. The first-order chi connectivity index (χ1) is 14.6. The second-order valence-corrected chi connectivity index (χ2v) is 8.55. The summed E-state index contributed by atoms with van der Waals surface area (Å²) in [5.41, 5.74) is 3.65. The molecule has 0 bridgehead atoms. The van der Waals surface area contributed by atoms with E-state index in [-0.39, 0.29) is 12.5 Å². The van der Waals surface area contributed by atoms with Crippen molar-refractivity contribution in [2.24, 2.45) is 0 Å². The number of anilines is 1. The molecule has 0 saturated carbocycles. The number of ether oxygens (including phenoxy) is 2. The lowest BCUT2D eigenvalue weighted by molar-refractivity contribution is -0.114. The lowest BCUT2D eigenvalue weighted by Crippen LogP contribution is -2.49. The number of nitrogens with zero attached hydrogens (tertiary/aromatic N) is 2. The summed E-state index contributed by atoms with van der Waals surface area (Å²) in [4.78, 5) is 39.6. The fourth-order valence-electron chi connectivity index (χ4n) is 2.44. The average molecular weight is 449 g/mol. The van der Waals surface area contributed by atoms with E-state index in [0.29, 0.717) is 10.9 Å². The normalized spacial score (nSPS) is 10.9. The van der Waals surface area contributed by atoms with Crippen molar-refractivity contribution in [2.75, 3.05) is 11.9 Å². The maximum atomic E-state index is 12.1. The van der Waals surface area contributed by atoms with Crippen molar-refractivity contribution >= 4 is 34.6 Å². The molecule has 1 aromatic carbocycles. The van der Waals surface area contributed by atoms with Gasteiger partial charge in [0, 0.05) is 18.8 Å². The molecule has 168 valence electrons. The standard InChI is InChI=1S/C21H28N4O5S/c1-6-25(20(28)30-21(3,4)5)24-19(27)29-17-11-8-15(9-12-17)7-10-16-13-31-18(23-16)22-14(2)26/h8-9,11-13H,6-7,10H2,1-5H3,(H,24,27)(H,22,23,26). The van der Waals surface area contributed by atoms with Gasteiger partial charge in [0.05, 0.1) is 5.69 Å². The SMILES string of the molecule is CCN(NC(=O)Oc1ccc(CCc2csc(NC(C)=O)n2)cc1)C(=O)OC(C)(C)C. The summed E-state index contributed by atoms with van der Waals surface area (Å²) in [6, 6.07) is 7.08. The molecule has 1 aromatic heterocycles. The third-order valence-electron chi connectivity index (χ3n) is 3.79. The lowest BCUT2D eigenvalue weighted by Gasteiger charge is -2.26. The van der Waals surface area contributed by atoms with Crippen molar-refractivity contribution in [3.63, 3.8) is 0 Å². The summed E-state index contributed by atoms with van der Waals surface area (Å²) in [5.74, 6) is 0.205. The molecule has 2 aromatic rings. The number of amides is 3. The predicted molar refractivity (Wildman–Crippen MR) is 118 cm³/mol. The van der Waals surface area contributed by atoms with Crippen molar-refractivity contribution in [3.05, 3.63) is 40.9 Å². The van der Waals surface area contributed by atoms with Crippen LogP contribution >= 0.6 is 11.3 Å². The van der Waals surface area contributed by atoms with E-state index >= 15 is 0 Å². The highest BCUT2D eigenvalue weighted by atomic mass is 32.1. The van der Waals surface area contributed by atoms with Crippen LogP contribution in [-0.4, -0.2) is 40.2 Å². The van der Waals surface area contributed by atoms with Crippen molar-refractivity contribution in [3.8, 4) is 5.75 Å². The number of hydrogen-bond acceptors (Lipinski definition) is 7. The Balaban J connectivity index is 1.84. The van der Waals surface area contributed by atoms with Crippen LogP contribution in [0.5, 0.6) is 5.75 Å². The fraction of sp³-hybridized carbons (Fsp3) is 0.429. The van der Waals surface area contributed by atoms with Gasteiger partial charge < -0.3 is 14.8 Å². The average Bonchev–Trinajstić information content (AvgIpc) is 3.10. The zero-order valence-corrected chi connectivity index (χ0v) is 19.2. The third kappa shape index (κ3) is 8.63. The molecule has 0 saturated heterocycles. The minimum Gasteiger partial charge on any atom is -0.442 e. The Morgan fingerprint density at radius 3 is 2.39 bits per heavy atom. The molecule has 0 fully saturated rings. The summed E-state index contributed by atoms with van der Waals surface area (Å²) < 4.78 is 10.5. The number of hydrogen-bond donors (Lipinski definition) is 2.